The van der Waals surface area contributed by atoms with Crippen LogP contribution in [-0.2, 0) is 6.42 Å². The fourth-order valence-corrected chi connectivity index (χ4v) is 2.49. The highest BCUT2D eigenvalue weighted by Crippen LogP contribution is 2.21. The molecule has 1 heterocycles. The second-order valence-corrected chi connectivity index (χ2v) is 5.64. The van der Waals surface area contributed by atoms with Crippen LogP contribution in [0.25, 0.3) is 0 Å². The van der Waals surface area contributed by atoms with Gasteiger partial charge in [0.25, 0.3) is 0 Å². The minimum Gasteiger partial charge on any atom is -0.292 e. The van der Waals surface area contributed by atoms with Gasteiger partial charge < -0.3 is 0 Å². The van der Waals surface area contributed by atoms with Crippen LogP contribution in [0.5, 0.6) is 0 Å². The summed E-state index contributed by atoms with van der Waals surface area (Å²) >= 11 is 6.09. The summed E-state index contributed by atoms with van der Waals surface area (Å²) in [5, 5.41) is 4.61. The van der Waals surface area contributed by atoms with Crippen LogP contribution in [0, 0.1) is 6.92 Å². The standard InChI is InChI=1S/C16H19ClN2O/c1-11(2)19-16(14(17)10-18-19)15(20)9-8-13-7-5-4-6-12(13)3/h4-7,10-11H,8-9H2,1-3H3. The largest absolute Gasteiger partial charge is 0.292 e. The fraction of sp³-hybridized carbons (Fsp3) is 0.375. The Morgan fingerprint density at radius 2 is 2.05 bits per heavy atom. The summed E-state index contributed by atoms with van der Waals surface area (Å²) in [5.41, 5.74) is 2.94. The highest BCUT2D eigenvalue weighted by Gasteiger charge is 2.19. The van der Waals surface area contributed by atoms with Crippen LogP contribution in [0.3, 0.4) is 0 Å². The van der Waals surface area contributed by atoms with E-state index in [2.05, 4.69) is 24.2 Å². The molecule has 0 N–H and O–H groups in total. The summed E-state index contributed by atoms with van der Waals surface area (Å²) in [6.45, 7) is 6.04. The first-order chi connectivity index (χ1) is 9.50. The number of hydrogen-bond acceptors (Lipinski definition) is 2. The van der Waals surface area contributed by atoms with Gasteiger partial charge in [-0.1, -0.05) is 35.9 Å². The molecule has 0 saturated carbocycles. The second kappa shape index (κ2) is 6.23. The van der Waals surface area contributed by atoms with E-state index in [1.165, 1.54) is 11.1 Å². The van der Waals surface area contributed by atoms with Gasteiger partial charge in [0.2, 0.25) is 0 Å². The molecule has 0 unspecified atom stereocenters. The Kier molecular flexibility index (Phi) is 4.61. The smallest absolute Gasteiger partial charge is 0.182 e. The number of carbonyl (C=O) groups is 1. The molecule has 0 bridgehead atoms. The van der Waals surface area contributed by atoms with Gasteiger partial charge >= 0.3 is 0 Å². The first-order valence-electron chi connectivity index (χ1n) is 6.81. The van der Waals surface area contributed by atoms with Crippen molar-refractivity contribution < 1.29 is 4.79 Å². The Morgan fingerprint density at radius 3 is 2.70 bits per heavy atom. The molecule has 0 atom stereocenters. The molecule has 20 heavy (non-hydrogen) atoms. The lowest BCUT2D eigenvalue weighted by Gasteiger charge is -2.11. The van der Waals surface area contributed by atoms with Gasteiger partial charge in [0.1, 0.15) is 5.69 Å². The number of halogens is 1. The predicted molar refractivity (Wildman–Crippen MR) is 81.5 cm³/mol. The molecule has 1 aromatic carbocycles. The maximum Gasteiger partial charge on any atom is 0.182 e. The van der Waals surface area contributed by atoms with Gasteiger partial charge in [0.15, 0.2) is 5.78 Å². The van der Waals surface area contributed by atoms with Crippen molar-refractivity contribution in [3.63, 3.8) is 0 Å². The number of rotatable bonds is 5. The van der Waals surface area contributed by atoms with Crippen molar-refractivity contribution in [2.45, 2.75) is 39.7 Å². The first kappa shape index (κ1) is 14.8. The zero-order chi connectivity index (χ0) is 14.7. The van der Waals surface area contributed by atoms with Crippen LogP contribution in [0.2, 0.25) is 5.02 Å². The maximum absolute atomic E-state index is 12.4. The summed E-state index contributed by atoms with van der Waals surface area (Å²) in [6.07, 6.45) is 2.72. The SMILES string of the molecule is Cc1ccccc1CCC(=O)c1c(Cl)cnn1C(C)C. The molecule has 0 aliphatic carbocycles. The molecule has 0 radical (unpaired) electrons. The Morgan fingerprint density at radius 1 is 1.35 bits per heavy atom. The van der Waals surface area contributed by atoms with E-state index in [4.69, 9.17) is 11.6 Å². The summed E-state index contributed by atoms with van der Waals surface area (Å²) in [6, 6.07) is 8.25. The summed E-state index contributed by atoms with van der Waals surface area (Å²) in [7, 11) is 0. The van der Waals surface area contributed by atoms with Gasteiger partial charge in [0, 0.05) is 12.5 Å². The highest BCUT2D eigenvalue weighted by molar-refractivity contribution is 6.33. The van der Waals surface area contributed by atoms with E-state index in [-0.39, 0.29) is 11.8 Å². The lowest BCUT2D eigenvalue weighted by Crippen LogP contribution is -2.13. The van der Waals surface area contributed by atoms with Gasteiger partial charge in [-0.25, -0.2) is 0 Å². The molecule has 0 aliphatic heterocycles. The number of hydrogen-bond donors (Lipinski definition) is 0. The van der Waals surface area contributed by atoms with Gasteiger partial charge in [-0.2, -0.15) is 5.10 Å². The third-order valence-electron chi connectivity index (χ3n) is 3.39. The van der Waals surface area contributed by atoms with E-state index in [1.807, 2.05) is 26.0 Å². The van der Waals surface area contributed by atoms with Crippen LogP contribution in [0.15, 0.2) is 30.5 Å². The molecule has 0 spiro atoms. The van der Waals surface area contributed by atoms with Crippen LogP contribution < -0.4 is 0 Å². The molecule has 1 aromatic heterocycles. The molecular formula is C16H19ClN2O. The number of carbonyl (C=O) groups excluding carboxylic acids is 1. The molecule has 2 rings (SSSR count). The van der Waals surface area contributed by atoms with E-state index in [0.29, 0.717) is 17.1 Å². The topological polar surface area (TPSA) is 34.9 Å². The molecule has 106 valence electrons. The lowest BCUT2D eigenvalue weighted by atomic mass is 10.0. The van der Waals surface area contributed by atoms with Crippen molar-refractivity contribution in [2.75, 3.05) is 0 Å². The monoisotopic (exact) mass is 290 g/mol. The molecular weight excluding hydrogens is 272 g/mol. The average Bonchev–Trinajstić information content (AvgIpc) is 2.79. The number of nitrogens with zero attached hydrogens (tertiary/aromatic N) is 2. The number of Topliss-reactive ketones (excluding diaryl/α,β-unsaturated/α-hetero) is 1. The predicted octanol–water partition coefficient (Wildman–Crippen LogP) is 4.24. The fourth-order valence-electron chi connectivity index (χ4n) is 2.25. The van der Waals surface area contributed by atoms with E-state index >= 15 is 0 Å². The third kappa shape index (κ3) is 3.10. The van der Waals surface area contributed by atoms with Gasteiger partial charge in [-0.05, 0) is 38.3 Å². The highest BCUT2D eigenvalue weighted by atomic mass is 35.5. The molecule has 0 saturated heterocycles. The molecule has 3 nitrogen and oxygen atoms in total. The average molecular weight is 291 g/mol. The van der Waals surface area contributed by atoms with E-state index < -0.39 is 0 Å². The Hall–Kier alpha value is -1.61. The van der Waals surface area contributed by atoms with Crippen molar-refractivity contribution in [3.05, 3.63) is 52.3 Å². The first-order valence-corrected chi connectivity index (χ1v) is 7.19. The number of aromatic nitrogens is 2. The second-order valence-electron chi connectivity index (χ2n) is 5.23. The summed E-state index contributed by atoms with van der Waals surface area (Å²) < 4.78 is 1.70. The number of benzene rings is 1. The summed E-state index contributed by atoms with van der Waals surface area (Å²) in [4.78, 5) is 12.4. The molecule has 0 aliphatic rings. The molecule has 0 amide bonds. The zero-order valence-electron chi connectivity index (χ0n) is 12.1. The van der Waals surface area contributed by atoms with Crippen molar-refractivity contribution in [2.24, 2.45) is 0 Å². The minimum atomic E-state index is 0.0458. The van der Waals surface area contributed by atoms with E-state index in [9.17, 15) is 4.79 Å². The van der Waals surface area contributed by atoms with E-state index in [0.717, 1.165) is 6.42 Å². The Balaban J connectivity index is 2.13. The van der Waals surface area contributed by atoms with Gasteiger partial charge in [-0.3, -0.25) is 9.48 Å². The summed E-state index contributed by atoms with van der Waals surface area (Å²) in [5.74, 6) is 0.0458. The number of ketones is 1. The van der Waals surface area contributed by atoms with Crippen molar-refractivity contribution >= 4 is 17.4 Å². The van der Waals surface area contributed by atoms with Gasteiger partial charge in [-0.15, -0.1) is 0 Å². The van der Waals surface area contributed by atoms with Crippen LogP contribution in [-0.4, -0.2) is 15.6 Å². The van der Waals surface area contributed by atoms with Crippen LogP contribution in [0.4, 0.5) is 0 Å². The van der Waals surface area contributed by atoms with Crippen LogP contribution in [0.1, 0.15) is 47.9 Å². The Labute approximate surface area is 124 Å². The molecule has 2 aromatic rings. The van der Waals surface area contributed by atoms with Crippen molar-refractivity contribution in [3.8, 4) is 0 Å². The minimum absolute atomic E-state index is 0.0458. The van der Waals surface area contributed by atoms with Gasteiger partial charge in [0.05, 0.1) is 11.2 Å². The van der Waals surface area contributed by atoms with E-state index in [1.54, 1.807) is 10.9 Å². The maximum atomic E-state index is 12.4. The molecule has 4 heteroatoms. The van der Waals surface area contributed by atoms with Crippen molar-refractivity contribution in [1.82, 2.24) is 9.78 Å². The third-order valence-corrected chi connectivity index (χ3v) is 3.66. The lowest BCUT2D eigenvalue weighted by molar-refractivity contribution is 0.0970. The molecule has 0 fully saturated rings. The zero-order valence-corrected chi connectivity index (χ0v) is 12.8. The Bertz CT molecular complexity index is 617. The quantitative estimate of drug-likeness (QED) is 0.772. The number of aryl methyl sites for hydroxylation is 2. The normalized spacial score (nSPS) is 11.1. The van der Waals surface area contributed by atoms with Crippen molar-refractivity contribution in [1.29, 1.82) is 0 Å². The van der Waals surface area contributed by atoms with Crippen LogP contribution >= 0.6 is 11.6 Å².